The smallest absolute Gasteiger partial charge is 0.407 e. The summed E-state index contributed by atoms with van der Waals surface area (Å²) < 4.78 is 10.5. The molecule has 1 heterocycles. The number of hydrogen-bond acceptors (Lipinski definition) is 5. The van der Waals surface area contributed by atoms with Crippen LogP contribution in [-0.4, -0.2) is 44.8 Å². The molecule has 148 valence electrons. The zero-order valence-corrected chi connectivity index (χ0v) is 15.9. The molecule has 7 nitrogen and oxygen atoms in total. The number of hydrogen-bond donors (Lipinski definition) is 2. The highest BCUT2D eigenvalue weighted by Crippen LogP contribution is 2.23. The number of amides is 2. The van der Waals surface area contributed by atoms with Crippen molar-refractivity contribution in [1.82, 2.24) is 5.32 Å². The lowest BCUT2D eigenvalue weighted by Crippen LogP contribution is -2.33. The Labute approximate surface area is 164 Å². The van der Waals surface area contributed by atoms with Gasteiger partial charge in [-0.2, -0.15) is 0 Å². The second kappa shape index (κ2) is 9.75. The fourth-order valence-electron chi connectivity index (χ4n) is 3.04. The first-order valence-corrected chi connectivity index (χ1v) is 9.26. The first-order valence-electron chi connectivity index (χ1n) is 9.26. The van der Waals surface area contributed by atoms with Crippen molar-refractivity contribution in [1.29, 1.82) is 0 Å². The quantitative estimate of drug-likeness (QED) is 0.769. The summed E-state index contributed by atoms with van der Waals surface area (Å²) in [7, 11) is 1.73. The van der Waals surface area contributed by atoms with E-state index in [1.807, 2.05) is 54.6 Å². The fourth-order valence-corrected chi connectivity index (χ4v) is 3.04. The summed E-state index contributed by atoms with van der Waals surface area (Å²) in [5.41, 5.74) is 2.66. The van der Waals surface area contributed by atoms with E-state index in [9.17, 15) is 9.59 Å². The van der Waals surface area contributed by atoms with Crippen molar-refractivity contribution in [3.63, 3.8) is 0 Å². The van der Waals surface area contributed by atoms with Crippen LogP contribution < -0.4 is 15.5 Å². The molecule has 28 heavy (non-hydrogen) atoms. The number of methoxy groups -OCH3 is 1. The van der Waals surface area contributed by atoms with Crippen molar-refractivity contribution in [2.24, 2.45) is 0 Å². The molecule has 2 amide bonds. The van der Waals surface area contributed by atoms with Crippen LogP contribution in [0.2, 0.25) is 0 Å². The molecule has 2 aromatic carbocycles. The summed E-state index contributed by atoms with van der Waals surface area (Å²) in [6.07, 6.45) is 0.657. The molecule has 3 rings (SSSR count). The predicted molar refractivity (Wildman–Crippen MR) is 107 cm³/mol. The Morgan fingerprint density at radius 3 is 2.54 bits per heavy atom. The van der Waals surface area contributed by atoms with Crippen LogP contribution in [0.3, 0.4) is 0 Å². The Balaban J connectivity index is 1.39. The van der Waals surface area contributed by atoms with Gasteiger partial charge in [0.15, 0.2) is 0 Å². The number of rotatable bonds is 7. The van der Waals surface area contributed by atoms with E-state index in [4.69, 9.17) is 9.47 Å². The van der Waals surface area contributed by atoms with E-state index < -0.39 is 6.09 Å². The summed E-state index contributed by atoms with van der Waals surface area (Å²) >= 11 is 0. The monoisotopic (exact) mass is 383 g/mol. The second-order valence-corrected chi connectivity index (χ2v) is 6.60. The molecular weight excluding hydrogens is 358 g/mol. The van der Waals surface area contributed by atoms with Gasteiger partial charge in [0.2, 0.25) is 5.91 Å². The molecule has 1 aliphatic heterocycles. The Morgan fingerprint density at radius 1 is 1.11 bits per heavy atom. The van der Waals surface area contributed by atoms with Gasteiger partial charge in [-0.1, -0.05) is 30.3 Å². The number of carbonyl (C=O) groups excluding carboxylic acids is 2. The molecule has 0 radical (unpaired) electrons. The van der Waals surface area contributed by atoms with Gasteiger partial charge in [0, 0.05) is 31.6 Å². The van der Waals surface area contributed by atoms with E-state index in [-0.39, 0.29) is 25.2 Å². The number of nitrogens with one attached hydrogen (secondary N) is 2. The highest BCUT2D eigenvalue weighted by molar-refractivity contribution is 5.94. The van der Waals surface area contributed by atoms with Crippen LogP contribution in [0.4, 0.5) is 16.2 Å². The molecule has 2 N–H and O–H groups in total. The van der Waals surface area contributed by atoms with Crippen LogP contribution >= 0.6 is 0 Å². The van der Waals surface area contributed by atoms with Crippen LogP contribution in [0.15, 0.2) is 54.6 Å². The van der Waals surface area contributed by atoms with Crippen molar-refractivity contribution < 1.29 is 19.1 Å². The Kier molecular flexibility index (Phi) is 6.86. The van der Waals surface area contributed by atoms with Gasteiger partial charge in [-0.05, 0) is 36.2 Å². The number of anilines is 2. The SMILES string of the molecule is COC1CCN(c2ccc(NC(=O)CNC(=O)OCc3ccccc3)cc2)C1. The molecule has 0 aliphatic carbocycles. The van der Waals surface area contributed by atoms with Gasteiger partial charge in [0.05, 0.1) is 6.10 Å². The number of carbonyl (C=O) groups is 2. The van der Waals surface area contributed by atoms with Crippen molar-refractivity contribution in [3.05, 3.63) is 60.2 Å². The summed E-state index contributed by atoms with van der Waals surface area (Å²) in [5.74, 6) is -0.315. The molecular formula is C21H25N3O4. The Morgan fingerprint density at radius 2 is 1.86 bits per heavy atom. The third-order valence-electron chi connectivity index (χ3n) is 4.60. The molecule has 1 saturated heterocycles. The van der Waals surface area contributed by atoms with Crippen LogP contribution in [0.5, 0.6) is 0 Å². The van der Waals surface area contributed by atoms with Crippen molar-refractivity contribution >= 4 is 23.4 Å². The van der Waals surface area contributed by atoms with Gasteiger partial charge < -0.3 is 25.0 Å². The maximum atomic E-state index is 12.0. The molecule has 1 aliphatic rings. The molecule has 0 bridgehead atoms. The highest BCUT2D eigenvalue weighted by Gasteiger charge is 2.22. The van der Waals surface area contributed by atoms with Crippen LogP contribution in [0.25, 0.3) is 0 Å². The molecule has 1 unspecified atom stereocenters. The summed E-state index contributed by atoms with van der Waals surface area (Å²) in [6.45, 7) is 1.84. The van der Waals surface area contributed by atoms with E-state index in [0.29, 0.717) is 5.69 Å². The predicted octanol–water partition coefficient (Wildman–Crippen LogP) is 2.78. The van der Waals surface area contributed by atoms with Gasteiger partial charge in [-0.15, -0.1) is 0 Å². The fraction of sp³-hybridized carbons (Fsp3) is 0.333. The average molecular weight is 383 g/mol. The molecule has 7 heteroatoms. The Hall–Kier alpha value is -3.06. The number of ether oxygens (including phenoxy) is 2. The van der Waals surface area contributed by atoms with Gasteiger partial charge in [-0.25, -0.2) is 4.79 Å². The van der Waals surface area contributed by atoms with Gasteiger partial charge in [0.25, 0.3) is 0 Å². The lowest BCUT2D eigenvalue weighted by Gasteiger charge is -2.18. The minimum absolute atomic E-state index is 0.156. The number of alkyl carbamates (subject to hydrolysis) is 1. The van der Waals surface area contributed by atoms with E-state index >= 15 is 0 Å². The van der Waals surface area contributed by atoms with Gasteiger partial charge >= 0.3 is 6.09 Å². The standard InChI is InChI=1S/C21H25N3O4/c1-27-19-11-12-24(14-19)18-9-7-17(8-10-18)23-20(25)13-22-21(26)28-15-16-5-3-2-4-6-16/h2-10,19H,11-15H2,1H3,(H,22,26)(H,23,25). The van der Waals surface area contributed by atoms with Crippen molar-refractivity contribution in [2.75, 3.05) is 37.0 Å². The first-order chi connectivity index (χ1) is 13.6. The minimum atomic E-state index is -0.629. The van der Waals surface area contributed by atoms with Crippen molar-refractivity contribution in [3.8, 4) is 0 Å². The molecule has 0 spiro atoms. The molecule has 0 saturated carbocycles. The zero-order chi connectivity index (χ0) is 19.8. The zero-order valence-electron chi connectivity index (χ0n) is 15.9. The lowest BCUT2D eigenvalue weighted by atomic mass is 10.2. The Bertz CT molecular complexity index is 780. The van der Waals surface area contributed by atoms with Crippen molar-refractivity contribution in [2.45, 2.75) is 19.1 Å². The maximum Gasteiger partial charge on any atom is 0.407 e. The normalized spacial score (nSPS) is 15.9. The minimum Gasteiger partial charge on any atom is -0.445 e. The molecule has 1 fully saturated rings. The number of nitrogens with zero attached hydrogens (tertiary/aromatic N) is 1. The van der Waals surface area contributed by atoms with E-state index in [2.05, 4.69) is 15.5 Å². The molecule has 1 atom stereocenters. The molecule has 2 aromatic rings. The summed E-state index contributed by atoms with van der Waals surface area (Å²) in [6, 6.07) is 17.0. The van der Waals surface area contributed by atoms with E-state index in [0.717, 1.165) is 30.8 Å². The maximum absolute atomic E-state index is 12.0. The van der Waals surface area contributed by atoms with Gasteiger partial charge in [0.1, 0.15) is 13.2 Å². The topological polar surface area (TPSA) is 79.9 Å². The lowest BCUT2D eigenvalue weighted by molar-refractivity contribution is -0.115. The highest BCUT2D eigenvalue weighted by atomic mass is 16.5. The largest absolute Gasteiger partial charge is 0.445 e. The average Bonchev–Trinajstić information content (AvgIpc) is 3.21. The number of benzene rings is 2. The van der Waals surface area contributed by atoms with E-state index in [1.165, 1.54) is 0 Å². The van der Waals surface area contributed by atoms with Crippen LogP contribution in [0, 0.1) is 0 Å². The van der Waals surface area contributed by atoms with Crippen LogP contribution in [-0.2, 0) is 20.9 Å². The second-order valence-electron chi connectivity index (χ2n) is 6.60. The van der Waals surface area contributed by atoms with E-state index in [1.54, 1.807) is 7.11 Å². The summed E-state index contributed by atoms with van der Waals surface area (Å²) in [5, 5.41) is 5.20. The third-order valence-corrected chi connectivity index (χ3v) is 4.60. The third kappa shape index (κ3) is 5.72. The molecule has 0 aromatic heterocycles. The first kappa shape index (κ1) is 19.7. The summed E-state index contributed by atoms with van der Waals surface area (Å²) in [4.78, 5) is 25.9. The van der Waals surface area contributed by atoms with Gasteiger partial charge in [-0.3, -0.25) is 4.79 Å². The van der Waals surface area contributed by atoms with Crippen LogP contribution in [0.1, 0.15) is 12.0 Å².